The summed E-state index contributed by atoms with van der Waals surface area (Å²) in [4.78, 5) is 0. The van der Waals surface area contributed by atoms with Crippen molar-refractivity contribution >= 4 is 48.8 Å². The Morgan fingerprint density at radius 2 is 0.913 bits per heavy atom. The molecule has 46 heavy (non-hydrogen) atoms. The van der Waals surface area contributed by atoms with E-state index in [1.54, 1.807) is 0 Å². The predicted molar refractivity (Wildman–Crippen MR) is 200 cm³/mol. The zero-order valence-electron chi connectivity index (χ0n) is 26.4. The van der Waals surface area contributed by atoms with E-state index in [0.717, 1.165) is 18.5 Å². The van der Waals surface area contributed by atoms with E-state index in [1.807, 2.05) is 0 Å². The Kier molecular flexibility index (Phi) is 7.03. The van der Waals surface area contributed by atoms with E-state index in [2.05, 4.69) is 177 Å². The fourth-order valence-corrected chi connectivity index (χ4v) is 7.49. The van der Waals surface area contributed by atoms with Crippen LogP contribution in [0.5, 0.6) is 0 Å². The minimum atomic E-state index is -0.170. The topological polar surface area (TPSA) is 12.0 Å². The van der Waals surface area contributed by atoms with Crippen molar-refractivity contribution in [2.75, 3.05) is 5.32 Å². The van der Waals surface area contributed by atoms with Gasteiger partial charge in [-0.2, -0.15) is 0 Å². The fourth-order valence-electron chi connectivity index (χ4n) is 7.49. The maximum Gasteiger partial charge on any atom is 0.0620 e. The van der Waals surface area contributed by atoms with Crippen LogP contribution in [0.2, 0.25) is 0 Å². The van der Waals surface area contributed by atoms with E-state index in [9.17, 15) is 0 Å². The molecule has 8 aromatic carbocycles. The van der Waals surface area contributed by atoms with Crippen LogP contribution in [0.3, 0.4) is 0 Å². The second-order valence-electron chi connectivity index (χ2n) is 12.5. The zero-order chi connectivity index (χ0) is 31.1. The highest BCUT2D eigenvalue weighted by atomic mass is 15.0. The van der Waals surface area contributed by atoms with Crippen molar-refractivity contribution < 1.29 is 0 Å². The molecule has 0 aliphatic rings. The lowest BCUT2D eigenvalue weighted by molar-refractivity contribution is 0.455. The molecule has 8 rings (SSSR count). The molecule has 0 radical (unpaired) electrons. The van der Waals surface area contributed by atoms with Crippen LogP contribution in [0.1, 0.15) is 32.3 Å². The number of hydrogen-bond acceptors (Lipinski definition) is 1. The van der Waals surface area contributed by atoms with Gasteiger partial charge in [0.1, 0.15) is 0 Å². The Balaban J connectivity index is 1.14. The molecule has 0 aliphatic carbocycles. The Bertz CT molecular complexity index is 2290. The molecule has 1 heteroatoms. The van der Waals surface area contributed by atoms with E-state index in [1.165, 1.54) is 70.9 Å². The van der Waals surface area contributed by atoms with E-state index in [0.29, 0.717) is 0 Å². The van der Waals surface area contributed by atoms with E-state index in [4.69, 9.17) is 0 Å². The SMILES string of the molecule is CCC(CC)(Nc1ccc(-c2cc3ccccc3c3ccccc23)cc1)c1ccc(-c2c3ccccc3cc3ccccc23)cc1. The van der Waals surface area contributed by atoms with Gasteiger partial charge in [0.2, 0.25) is 0 Å². The number of anilines is 1. The Hall–Kier alpha value is -5.40. The van der Waals surface area contributed by atoms with E-state index >= 15 is 0 Å². The van der Waals surface area contributed by atoms with Crippen molar-refractivity contribution in [3.8, 4) is 22.3 Å². The van der Waals surface area contributed by atoms with Crippen LogP contribution in [0.15, 0.2) is 158 Å². The minimum Gasteiger partial charge on any atom is -0.376 e. The first-order valence-electron chi connectivity index (χ1n) is 16.5. The van der Waals surface area contributed by atoms with Crippen LogP contribution in [0, 0.1) is 0 Å². The monoisotopic (exact) mass is 591 g/mol. The van der Waals surface area contributed by atoms with Gasteiger partial charge in [-0.25, -0.2) is 0 Å². The number of rotatable bonds is 7. The lowest BCUT2D eigenvalue weighted by Gasteiger charge is -2.35. The van der Waals surface area contributed by atoms with Gasteiger partial charge in [-0.1, -0.05) is 147 Å². The fraction of sp³-hybridized carbons (Fsp3) is 0.111. The predicted octanol–water partition coefficient (Wildman–Crippen LogP) is 12.8. The lowest BCUT2D eigenvalue weighted by Crippen LogP contribution is -2.34. The molecule has 0 saturated heterocycles. The molecule has 0 amide bonds. The smallest absolute Gasteiger partial charge is 0.0620 e. The molecule has 0 spiro atoms. The van der Waals surface area contributed by atoms with Crippen molar-refractivity contribution in [1.82, 2.24) is 0 Å². The van der Waals surface area contributed by atoms with Gasteiger partial charge in [-0.15, -0.1) is 0 Å². The molecule has 0 heterocycles. The van der Waals surface area contributed by atoms with Gasteiger partial charge < -0.3 is 5.32 Å². The molecule has 0 fully saturated rings. The minimum absolute atomic E-state index is 0.170. The molecule has 8 aromatic rings. The Labute approximate surface area is 271 Å². The second kappa shape index (κ2) is 11.5. The summed E-state index contributed by atoms with van der Waals surface area (Å²) in [5.41, 5.74) is 7.36. The maximum absolute atomic E-state index is 3.97. The first-order valence-corrected chi connectivity index (χ1v) is 16.5. The normalized spacial score (nSPS) is 11.9. The van der Waals surface area contributed by atoms with Gasteiger partial charge >= 0.3 is 0 Å². The maximum atomic E-state index is 3.97. The highest BCUT2D eigenvalue weighted by molar-refractivity contribution is 6.14. The quantitative estimate of drug-likeness (QED) is 0.144. The van der Waals surface area contributed by atoms with Gasteiger partial charge in [0, 0.05) is 5.69 Å². The van der Waals surface area contributed by atoms with Crippen molar-refractivity contribution in [1.29, 1.82) is 0 Å². The summed E-state index contributed by atoms with van der Waals surface area (Å²) in [5.74, 6) is 0. The number of benzene rings is 8. The summed E-state index contributed by atoms with van der Waals surface area (Å²) in [6.45, 7) is 4.58. The molecule has 0 bridgehead atoms. The summed E-state index contributed by atoms with van der Waals surface area (Å²) in [7, 11) is 0. The molecule has 1 N–H and O–H groups in total. The zero-order valence-corrected chi connectivity index (χ0v) is 26.4. The average Bonchev–Trinajstić information content (AvgIpc) is 3.13. The molecular formula is C45H37N. The van der Waals surface area contributed by atoms with E-state index < -0.39 is 0 Å². The van der Waals surface area contributed by atoms with Crippen molar-refractivity contribution in [3.63, 3.8) is 0 Å². The molecule has 0 unspecified atom stereocenters. The second-order valence-corrected chi connectivity index (χ2v) is 12.5. The van der Waals surface area contributed by atoms with Crippen LogP contribution in [0.25, 0.3) is 65.3 Å². The number of nitrogens with one attached hydrogen (secondary N) is 1. The molecular weight excluding hydrogens is 555 g/mol. The van der Waals surface area contributed by atoms with Crippen LogP contribution in [-0.4, -0.2) is 0 Å². The highest BCUT2D eigenvalue weighted by Crippen LogP contribution is 2.40. The third-order valence-corrected chi connectivity index (χ3v) is 10.1. The summed E-state index contributed by atoms with van der Waals surface area (Å²) >= 11 is 0. The van der Waals surface area contributed by atoms with Gasteiger partial charge in [-0.05, 0) is 108 Å². The van der Waals surface area contributed by atoms with Crippen LogP contribution < -0.4 is 5.32 Å². The van der Waals surface area contributed by atoms with E-state index in [-0.39, 0.29) is 5.54 Å². The Morgan fingerprint density at radius 1 is 0.435 bits per heavy atom. The van der Waals surface area contributed by atoms with Gasteiger partial charge in [-0.3, -0.25) is 0 Å². The summed E-state index contributed by atoms with van der Waals surface area (Å²) in [6.07, 6.45) is 1.97. The lowest BCUT2D eigenvalue weighted by atomic mass is 9.83. The largest absolute Gasteiger partial charge is 0.376 e. The molecule has 0 saturated carbocycles. The van der Waals surface area contributed by atoms with Crippen molar-refractivity contribution in [3.05, 3.63) is 163 Å². The molecule has 0 aliphatic heterocycles. The Morgan fingerprint density at radius 3 is 1.50 bits per heavy atom. The van der Waals surface area contributed by atoms with Crippen molar-refractivity contribution in [2.45, 2.75) is 32.2 Å². The standard InChI is InChI=1S/C45H37N/c1-3-45(4-2,36-25-21-32(22-26-36)44-39-17-9-6-13-33(39)29-34-14-7-10-18-40(34)44)46-37-27-23-31(24-28-37)43-30-35-15-5-8-16-38(35)41-19-11-12-20-42(41)43/h5-30,46H,3-4H2,1-2H3. The highest BCUT2D eigenvalue weighted by Gasteiger charge is 2.28. The first kappa shape index (κ1) is 28.1. The number of hydrogen-bond donors (Lipinski definition) is 1. The summed E-state index contributed by atoms with van der Waals surface area (Å²) in [6, 6.07) is 57.9. The molecule has 0 aromatic heterocycles. The average molecular weight is 592 g/mol. The van der Waals surface area contributed by atoms with Crippen LogP contribution >= 0.6 is 0 Å². The third kappa shape index (κ3) is 4.71. The molecule has 0 atom stereocenters. The summed E-state index contributed by atoms with van der Waals surface area (Å²) in [5, 5.41) is 14.3. The summed E-state index contributed by atoms with van der Waals surface area (Å²) < 4.78 is 0. The number of fused-ring (bicyclic) bond motifs is 5. The third-order valence-electron chi connectivity index (χ3n) is 10.1. The van der Waals surface area contributed by atoms with Gasteiger partial charge in [0.05, 0.1) is 5.54 Å². The van der Waals surface area contributed by atoms with Gasteiger partial charge in [0.25, 0.3) is 0 Å². The van der Waals surface area contributed by atoms with Crippen LogP contribution in [0.4, 0.5) is 5.69 Å². The van der Waals surface area contributed by atoms with Gasteiger partial charge in [0.15, 0.2) is 0 Å². The first-order chi connectivity index (χ1) is 22.7. The molecule has 1 nitrogen and oxygen atoms in total. The molecule has 222 valence electrons. The van der Waals surface area contributed by atoms with Crippen molar-refractivity contribution in [2.24, 2.45) is 0 Å². The van der Waals surface area contributed by atoms with Crippen LogP contribution in [-0.2, 0) is 5.54 Å².